The highest BCUT2D eigenvalue weighted by molar-refractivity contribution is 7.16. The molecule has 0 aliphatic rings. The molecule has 0 aliphatic heterocycles. The van der Waals surface area contributed by atoms with E-state index in [1.54, 1.807) is 24.0 Å². The SMILES string of the molecule is COc1nnc(NCc2cscn2)s1. The summed E-state index contributed by atoms with van der Waals surface area (Å²) in [5.41, 5.74) is 2.81. The third-order valence-electron chi connectivity index (χ3n) is 1.49. The molecule has 0 spiro atoms. The number of thiazole rings is 1. The van der Waals surface area contributed by atoms with Crippen LogP contribution >= 0.6 is 22.7 Å². The summed E-state index contributed by atoms with van der Waals surface area (Å²) in [5, 5.41) is 14.1. The van der Waals surface area contributed by atoms with Crippen molar-refractivity contribution < 1.29 is 4.74 Å². The van der Waals surface area contributed by atoms with Gasteiger partial charge in [0.25, 0.3) is 5.19 Å². The van der Waals surface area contributed by atoms with Crippen molar-refractivity contribution in [2.75, 3.05) is 12.4 Å². The molecule has 2 aromatic heterocycles. The number of aromatic nitrogens is 3. The minimum atomic E-state index is 0.561. The van der Waals surface area contributed by atoms with Gasteiger partial charge in [0.2, 0.25) is 5.13 Å². The Labute approximate surface area is 88.8 Å². The second-order valence-electron chi connectivity index (χ2n) is 2.41. The Kier molecular flexibility index (Phi) is 2.90. The van der Waals surface area contributed by atoms with Gasteiger partial charge in [-0.25, -0.2) is 4.98 Å². The number of nitrogens with zero attached hydrogens (tertiary/aromatic N) is 3. The lowest BCUT2D eigenvalue weighted by atomic mass is 10.5. The van der Waals surface area contributed by atoms with Crippen LogP contribution in [0.5, 0.6) is 5.19 Å². The highest BCUT2D eigenvalue weighted by atomic mass is 32.1. The number of ether oxygens (including phenoxy) is 1. The highest BCUT2D eigenvalue weighted by Crippen LogP contribution is 2.21. The van der Waals surface area contributed by atoms with Crippen LogP contribution in [-0.2, 0) is 6.54 Å². The van der Waals surface area contributed by atoms with Crippen molar-refractivity contribution in [2.45, 2.75) is 6.54 Å². The summed E-state index contributed by atoms with van der Waals surface area (Å²) in [5.74, 6) is 0. The van der Waals surface area contributed by atoms with Crippen LogP contribution in [0.2, 0.25) is 0 Å². The van der Waals surface area contributed by atoms with Crippen LogP contribution in [0.3, 0.4) is 0 Å². The molecule has 0 bridgehead atoms. The van der Waals surface area contributed by atoms with Gasteiger partial charge in [0.05, 0.1) is 24.9 Å². The van der Waals surface area contributed by atoms with Crippen LogP contribution in [0.25, 0.3) is 0 Å². The normalized spacial score (nSPS) is 10.1. The minimum Gasteiger partial charge on any atom is -0.472 e. The van der Waals surface area contributed by atoms with Crippen LogP contribution in [-0.4, -0.2) is 22.3 Å². The summed E-state index contributed by atoms with van der Waals surface area (Å²) in [6.45, 7) is 0.668. The van der Waals surface area contributed by atoms with Gasteiger partial charge in [0.15, 0.2) is 0 Å². The smallest absolute Gasteiger partial charge is 0.295 e. The molecule has 0 saturated carbocycles. The number of anilines is 1. The van der Waals surface area contributed by atoms with Gasteiger partial charge in [-0.3, -0.25) is 0 Å². The molecule has 0 atom stereocenters. The first kappa shape index (κ1) is 9.35. The average molecular weight is 228 g/mol. The van der Waals surface area contributed by atoms with E-state index in [4.69, 9.17) is 4.74 Å². The summed E-state index contributed by atoms with van der Waals surface area (Å²) >= 11 is 2.95. The van der Waals surface area contributed by atoms with E-state index < -0.39 is 0 Å². The Hall–Kier alpha value is -1.21. The van der Waals surface area contributed by atoms with Crippen molar-refractivity contribution in [3.8, 4) is 5.19 Å². The number of rotatable bonds is 4. The van der Waals surface area contributed by atoms with Crippen molar-refractivity contribution in [2.24, 2.45) is 0 Å². The Bertz CT molecular complexity index is 386. The first-order valence-electron chi connectivity index (χ1n) is 3.87. The molecule has 2 heterocycles. The molecule has 2 rings (SSSR count). The van der Waals surface area contributed by atoms with E-state index in [0.717, 1.165) is 10.8 Å². The zero-order valence-electron chi connectivity index (χ0n) is 7.43. The number of nitrogens with one attached hydrogen (secondary N) is 1. The third-order valence-corrected chi connectivity index (χ3v) is 2.96. The first-order valence-corrected chi connectivity index (χ1v) is 5.63. The molecule has 7 heteroatoms. The van der Waals surface area contributed by atoms with Crippen LogP contribution in [0.4, 0.5) is 5.13 Å². The Morgan fingerprint density at radius 3 is 3.07 bits per heavy atom. The number of methoxy groups -OCH3 is 1. The van der Waals surface area contributed by atoms with Crippen molar-refractivity contribution in [1.82, 2.24) is 15.2 Å². The predicted molar refractivity (Wildman–Crippen MR) is 55.9 cm³/mol. The Morgan fingerprint density at radius 1 is 1.50 bits per heavy atom. The van der Waals surface area contributed by atoms with Gasteiger partial charge >= 0.3 is 0 Å². The molecule has 0 aromatic carbocycles. The highest BCUT2D eigenvalue weighted by Gasteiger charge is 2.03. The fourth-order valence-electron chi connectivity index (χ4n) is 0.855. The standard InChI is InChI=1S/C7H8N4OS2/c1-12-7-11-10-6(14-7)8-2-5-3-13-4-9-5/h3-4H,2H2,1H3,(H,8,10). The molecule has 74 valence electrons. The molecule has 5 nitrogen and oxygen atoms in total. The average Bonchev–Trinajstić information content (AvgIpc) is 2.86. The van der Waals surface area contributed by atoms with Crippen LogP contribution < -0.4 is 10.1 Å². The molecule has 14 heavy (non-hydrogen) atoms. The van der Waals surface area contributed by atoms with E-state index in [-0.39, 0.29) is 0 Å². The largest absolute Gasteiger partial charge is 0.472 e. The first-order chi connectivity index (χ1) is 6.88. The van der Waals surface area contributed by atoms with Gasteiger partial charge in [-0.2, -0.15) is 0 Å². The Morgan fingerprint density at radius 2 is 2.43 bits per heavy atom. The zero-order chi connectivity index (χ0) is 9.80. The third kappa shape index (κ3) is 2.18. The molecule has 0 saturated heterocycles. The molecule has 0 fully saturated rings. The minimum absolute atomic E-state index is 0.561. The fraction of sp³-hybridized carbons (Fsp3) is 0.286. The van der Waals surface area contributed by atoms with Gasteiger partial charge in [0, 0.05) is 5.38 Å². The van der Waals surface area contributed by atoms with Crippen molar-refractivity contribution in [1.29, 1.82) is 0 Å². The Balaban J connectivity index is 1.92. The van der Waals surface area contributed by atoms with E-state index in [1.807, 2.05) is 5.38 Å². The van der Waals surface area contributed by atoms with E-state index >= 15 is 0 Å². The summed E-state index contributed by atoms with van der Waals surface area (Å²) in [6, 6.07) is 0. The second kappa shape index (κ2) is 4.34. The lowest BCUT2D eigenvalue weighted by molar-refractivity contribution is 0.407. The van der Waals surface area contributed by atoms with Gasteiger partial charge in [0.1, 0.15) is 0 Å². The fourth-order valence-corrected chi connectivity index (χ4v) is 1.97. The van der Waals surface area contributed by atoms with Crippen LogP contribution in [0.15, 0.2) is 10.9 Å². The predicted octanol–water partition coefficient (Wildman–Crippen LogP) is 1.62. The molecular formula is C7H8N4OS2. The maximum atomic E-state index is 4.92. The monoisotopic (exact) mass is 228 g/mol. The van der Waals surface area contributed by atoms with E-state index in [0.29, 0.717) is 11.7 Å². The van der Waals surface area contributed by atoms with Gasteiger partial charge < -0.3 is 10.1 Å². The molecule has 2 aromatic rings. The quantitative estimate of drug-likeness (QED) is 0.861. The van der Waals surface area contributed by atoms with Crippen molar-refractivity contribution in [3.63, 3.8) is 0 Å². The maximum absolute atomic E-state index is 4.92. The summed E-state index contributed by atoms with van der Waals surface area (Å²) in [4.78, 5) is 4.14. The van der Waals surface area contributed by atoms with Gasteiger partial charge in [-0.1, -0.05) is 5.10 Å². The zero-order valence-corrected chi connectivity index (χ0v) is 9.06. The number of hydrogen-bond donors (Lipinski definition) is 1. The second-order valence-corrected chi connectivity index (χ2v) is 4.07. The summed E-state index contributed by atoms with van der Waals surface area (Å²) in [6.07, 6.45) is 0. The molecular weight excluding hydrogens is 220 g/mol. The van der Waals surface area contributed by atoms with Crippen LogP contribution in [0, 0.1) is 0 Å². The molecule has 0 unspecified atom stereocenters. The molecule has 1 N–H and O–H groups in total. The van der Waals surface area contributed by atoms with Gasteiger partial charge in [-0.15, -0.1) is 16.4 Å². The van der Waals surface area contributed by atoms with Crippen molar-refractivity contribution >= 4 is 27.8 Å². The van der Waals surface area contributed by atoms with E-state index in [9.17, 15) is 0 Å². The summed E-state index contributed by atoms with van der Waals surface area (Å²) in [7, 11) is 1.57. The van der Waals surface area contributed by atoms with E-state index in [2.05, 4.69) is 20.5 Å². The molecule has 0 aliphatic carbocycles. The topological polar surface area (TPSA) is 59.9 Å². The maximum Gasteiger partial charge on any atom is 0.295 e. The lowest BCUT2D eigenvalue weighted by Gasteiger charge is -1.96. The van der Waals surface area contributed by atoms with Crippen LogP contribution in [0.1, 0.15) is 5.69 Å². The summed E-state index contributed by atoms with van der Waals surface area (Å²) < 4.78 is 4.92. The van der Waals surface area contributed by atoms with E-state index in [1.165, 1.54) is 11.3 Å². The van der Waals surface area contributed by atoms with Gasteiger partial charge in [-0.05, 0) is 11.3 Å². The number of hydrogen-bond acceptors (Lipinski definition) is 7. The molecule has 0 amide bonds. The van der Waals surface area contributed by atoms with Crippen molar-refractivity contribution in [3.05, 3.63) is 16.6 Å². The molecule has 0 radical (unpaired) electrons. The lowest BCUT2D eigenvalue weighted by Crippen LogP contribution is -1.98.